The Morgan fingerprint density at radius 1 is 1.10 bits per heavy atom. The minimum absolute atomic E-state index is 0.718. The van der Waals surface area contributed by atoms with Crippen LogP contribution in [0.4, 0.5) is 5.69 Å². The van der Waals surface area contributed by atoms with Gasteiger partial charge in [0.1, 0.15) is 5.75 Å². The summed E-state index contributed by atoms with van der Waals surface area (Å²) in [7, 11) is 3.71. The number of methoxy groups -OCH3 is 1. The van der Waals surface area contributed by atoms with E-state index < -0.39 is 0 Å². The maximum absolute atomic E-state index is 6.00. The van der Waals surface area contributed by atoms with Crippen LogP contribution in [0.2, 0.25) is 5.02 Å². The zero-order valence-corrected chi connectivity index (χ0v) is 12.5. The molecule has 0 aromatic heterocycles. The van der Waals surface area contributed by atoms with Crippen molar-refractivity contribution in [3.8, 4) is 5.75 Å². The van der Waals surface area contributed by atoms with Crippen molar-refractivity contribution in [2.24, 2.45) is 0 Å². The Hall–Kier alpha value is -1.71. The number of hydrogen-bond acceptors (Lipinski definition) is 3. The highest BCUT2D eigenvalue weighted by Gasteiger charge is 2.05. The summed E-state index contributed by atoms with van der Waals surface area (Å²) in [5.41, 5.74) is 8.91. The smallest absolute Gasteiger partial charge is 0.121 e. The van der Waals surface area contributed by atoms with Gasteiger partial charge >= 0.3 is 0 Å². The molecule has 20 heavy (non-hydrogen) atoms. The second-order valence-corrected chi connectivity index (χ2v) is 5.35. The zero-order chi connectivity index (χ0) is 14.5. The second-order valence-electron chi connectivity index (χ2n) is 4.92. The molecule has 0 heterocycles. The van der Waals surface area contributed by atoms with Gasteiger partial charge < -0.3 is 10.5 Å². The number of rotatable bonds is 5. The van der Waals surface area contributed by atoms with Gasteiger partial charge in [0.25, 0.3) is 0 Å². The van der Waals surface area contributed by atoms with Crippen molar-refractivity contribution in [1.82, 2.24) is 4.90 Å². The summed E-state index contributed by atoms with van der Waals surface area (Å²) in [5, 5.41) is 0.765. The van der Waals surface area contributed by atoms with Crippen molar-refractivity contribution < 1.29 is 4.74 Å². The maximum Gasteiger partial charge on any atom is 0.121 e. The van der Waals surface area contributed by atoms with E-state index in [0.717, 1.165) is 35.1 Å². The molecule has 4 heteroatoms. The van der Waals surface area contributed by atoms with Crippen LogP contribution in [0, 0.1) is 0 Å². The first kappa shape index (κ1) is 14.7. The van der Waals surface area contributed by atoms with E-state index in [1.54, 1.807) is 7.11 Å². The zero-order valence-electron chi connectivity index (χ0n) is 11.8. The molecule has 0 aliphatic heterocycles. The van der Waals surface area contributed by atoms with Crippen LogP contribution in [0.3, 0.4) is 0 Å². The van der Waals surface area contributed by atoms with Crippen LogP contribution in [-0.4, -0.2) is 19.1 Å². The molecule has 0 fully saturated rings. The van der Waals surface area contributed by atoms with Gasteiger partial charge in [-0.2, -0.15) is 0 Å². The van der Waals surface area contributed by atoms with Gasteiger partial charge in [0.05, 0.1) is 7.11 Å². The molecular formula is C16H19ClN2O. The summed E-state index contributed by atoms with van der Waals surface area (Å²) < 4.78 is 5.24. The van der Waals surface area contributed by atoms with Crippen molar-refractivity contribution >= 4 is 17.3 Å². The molecule has 0 amide bonds. The monoisotopic (exact) mass is 290 g/mol. The van der Waals surface area contributed by atoms with Crippen LogP contribution in [0.15, 0.2) is 42.5 Å². The highest BCUT2D eigenvalue weighted by molar-refractivity contribution is 6.30. The third-order valence-electron chi connectivity index (χ3n) is 3.02. The molecule has 0 aliphatic carbocycles. The topological polar surface area (TPSA) is 38.5 Å². The molecule has 2 N–H and O–H groups in total. The van der Waals surface area contributed by atoms with Crippen LogP contribution in [0.1, 0.15) is 11.1 Å². The van der Waals surface area contributed by atoms with Crippen molar-refractivity contribution in [2.75, 3.05) is 19.9 Å². The highest BCUT2D eigenvalue weighted by atomic mass is 35.5. The standard InChI is InChI=1S/C16H19ClN2O/c1-19(10-12-4-3-5-14(17)6-12)11-13-7-15(18)9-16(8-13)20-2/h3-9H,10-11,18H2,1-2H3. The molecule has 0 atom stereocenters. The van der Waals surface area contributed by atoms with E-state index in [0.29, 0.717) is 0 Å². The number of halogens is 1. The number of anilines is 1. The van der Waals surface area contributed by atoms with E-state index in [9.17, 15) is 0 Å². The van der Waals surface area contributed by atoms with Gasteiger partial charge in [0, 0.05) is 29.9 Å². The van der Waals surface area contributed by atoms with Crippen molar-refractivity contribution in [2.45, 2.75) is 13.1 Å². The van der Waals surface area contributed by atoms with E-state index in [1.807, 2.05) is 36.4 Å². The lowest BCUT2D eigenvalue weighted by molar-refractivity contribution is 0.318. The molecule has 0 spiro atoms. The molecule has 0 bridgehead atoms. The number of nitrogens with zero attached hydrogens (tertiary/aromatic N) is 1. The molecule has 0 saturated carbocycles. The van der Waals surface area contributed by atoms with Crippen LogP contribution in [0.5, 0.6) is 5.75 Å². The minimum Gasteiger partial charge on any atom is -0.497 e. The quantitative estimate of drug-likeness (QED) is 0.856. The Morgan fingerprint density at radius 2 is 1.85 bits per heavy atom. The number of nitrogens with two attached hydrogens (primary N) is 1. The fourth-order valence-electron chi connectivity index (χ4n) is 2.21. The molecule has 0 aliphatic rings. The molecule has 3 nitrogen and oxygen atoms in total. The highest BCUT2D eigenvalue weighted by Crippen LogP contribution is 2.20. The van der Waals surface area contributed by atoms with Gasteiger partial charge in [-0.05, 0) is 42.4 Å². The molecule has 2 aromatic carbocycles. The predicted octanol–water partition coefficient (Wildman–Crippen LogP) is 3.56. The van der Waals surface area contributed by atoms with E-state index in [2.05, 4.69) is 18.0 Å². The van der Waals surface area contributed by atoms with Gasteiger partial charge in [-0.1, -0.05) is 23.7 Å². The average molecular weight is 291 g/mol. The average Bonchev–Trinajstić information content (AvgIpc) is 2.37. The van der Waals surface area contributed by atoms with Crippen LogP contribution < -0.4 is 10.5 Å². The normalized spacial score (nSPS) is 10.8. The Bertz CT molecular complexity index is 586. The van der Waals surface area contributed by atoms with E-state index in [-0.39, 0.29) is 0 Å². The summed E-state index contributed by atoms with van der Waals surface area (Å²) in [5.74, 6) is 0.788. The summed E-state index contributed by atoms with van der Waals surface area (Å²) in [4.78, 5) is 2.21. The van der Waals surface area contributed by atoms with Gasteiger partial charge in [0.2, 0.25) is 0 Å². The SMILES string of the molecule is COc1cc(N)cc(CN(C)Cc2cccc(Cl)c2)c1. The fourth-order valence-corrected chi connectivity index (χ4v) is 2.42. The number of ether oxygens (including phenoxy) is 1. The summed E-state index contributed by atoms with van der Waals surface area (Å²) >= 11 is 6.00. The molecule has 0 radical (unpaired) electrons. The van der Waals surface area contributed by atoms with Crippen LogP contribution >= 0.6 is 11.6 Å². The lowest BCUT2D eigenvalue weighted by atomic mass is 10.1. The third-order valence-corrected chi connectivity index (χ3v) is 3.25. The molecule has 0 unspecified atom stereocenters. The maximum atomic E-state index is 6.00. The Balaban J connectivity index is 2.04. The lowest BCUT2D eigenvalue weighted by Crippen LogP contribution is -2.17. The fraction of sp³-hybridized carbons (Fsp3) is 0.250. The molecular weight excluding hydrogens is 272 g/mol. The van der Waals surface area contributed by atoms with Gasteiger partial charge in [-0.3, -0.25) is 4.90 Å². The second kappa shape index (κ2) is 6.64. The Kier molecular flexibility index (Phi) is 4.88. The molecule has 2 rings (SSSR count). The first-order valence-electron chi connectivity index (χ1n) is 6.43. The molecule has 2 aromatic rings. The predicted molar refractivity (Wildman–Crippen MR) is 84.0 cm³/mol. The number of benzene rings is 2. The Labute approximate surface area is 124 Å². The van der Waals surface area contributed by atoms with E-state index in [4.69, 9.17) is 22.1 Å². The minimum atomic E-state index is 0.718. The summed E-state index contributed by atoms with van der Waals surface area (Å²) in [6.45, 7) is 1.63. The van der Waals surface area contributed by atoms with Crippen molar-refractivity contribution in [3.05, 3.63) is 58.6 Å². The van der Waals surface area contributed by atoms with Crippen molar-refractivity contribution in [3.63, 3.8) is 0 Å². The summed E-state index contributed by atoms with van der Waals surface area (Å²) in [6, 6.07) is 13.7. The third kappa shape index (κ3) is 4.15. The van der Waals surface area contributed by atoms with Gasteiger partial charge in [-0.15, -0.1) is 0 Å². The number of nitrogen functional groups attached to an aromatic ring is 1. The van der Waals surface area contributed by atoms with Crippen LogP contribution in [0.25, 0.3) is 0 Å². The van der Waals surface area contributed by atoms with Gasteiger partial charge in [0.15, 0.2) is 0 Å². The number of hydrogen-bond donors (Lipinski definition) is 1. The van der Waals surface area contributed by atoms with Crippen molar-refractivity contribution in [1.29, 1.82) is 0 Å². The van der Waals surface area contributed by atoms with E-state index in [1.165, 1.54) is 5.56 Å². The molecule has 0 saturated heterocycles. The molecule has 106 valence electrons. The van der Waals surface area contributed by atoms with Gasteiger partial charge in [-0.25, -0.2) is 0 Å². The largest absolute Gasteiger partial charge is 0.497 e. The van der Waals surface area contributed by atoms with Crippen LogP contribution in [-0.2, 0) is 13.1 Å². The van der Waals surface area contributed by atoms with E-state index >= 15 is 0 Å². The first-order chi connectivity index (χ1) is 9.56. The lowest BCUT2D eigenvalue weighted by Gasteiger charge is -2.17. The Morgan fingerprint density at radius 3 is 2.55 bits per heavy atom. The summed E-state index contributed by atoms with van der Waals surface area (Å²) in [6.07, 6.45) is 0. The first-order valence-corrected chi connectivity index (χ1v) is 6.81.